The van der Waals surface area contributed by atoms with Gasteiger partial charge in [-0.25, -0.2) is 0 Å². The van der Waals surface area contributed by atoms with Crippen LogP contribution >= 0.6 is 15.9 Å². The van der Waals surface area contributed by atoms with Gasteiger partial charge in [-0.1, -0.05) is 15.9 Å². The molecule has 1 N–H and O–H groups in total. The number of aryl methyl sites for hydroxylation is 1. The average molecular weight is 510 g/mol. The van der Waals surface area contributed by atoms with Crippen LogP contribution in [0, 0.1) is 57.9 Å². The largest absolute Gasteiger partial charge is 0.508 e. The van der Waals surface area contributed by atoms with Crippen molar-refractivity contribution in [2.24, 2.45) is 0 Å². The van der Waals surface area contributed by atoms with Crippen LogP contribution in [0.5, 0.6) is 5.75 Å². The van der Waals surface area contributed by atoms with Gasteiger partial charge >= 0.3 is 0 Å². The third-order valence-electron chi connectivity index (χ3n) is 2.74. The minimum absolute atomic E-state index is 0. The van der Waals surface area contributed by atoms with E-state index in [4.69, 9.17) is 4.42 Å². The SMILES string of the molecule is Cc1c(O)cc2cc(C(=O)CBr)oc2c1C.[Ac]. The third-order valence-corrected chi connectivity index (χ3v) is 3.25. The molecule has 0 atom stereocenters. The first kappa shape index (κ1) is 15.2. The fourth-order valence-electron chi connectivity index (χ4n) is 1.63. The van der Waals surface area contributed by atoms with Crippen molar-refractivity contribution >= 4 is 32.7 Å². The summed E-state index contributed by atoms with van der Waals surface area (Å²) in [5, 5.41) is 10.7. The van der Waals surface area contributed by atoms with Gasteiger partial charge in [0.2, 0.25) is 5.78 Å². The predicted octanol–water partition coefficient (Wildman–Crippen LogP) is 3.33. The van der Waals surface area contributed by atoms with E-state index in [0.717, 1.165) is 16.5 Å². The van der Waals surface area contributed by atoms with Crippen LogP contribution in [0.2, 0.25) is 0 Å². The minimum Gasteiger partial charge on any atom is -0.508 e. The third kappa shape index (κ3) is 2.77. The molecule has 0 saturated heterocycles. The number of hydrogen-bond donors (Lipinski definition) is 1. The first-order chi connectivity index (χ1) is 7.54. The van der Waals surface area contributed by atoms with Crippen molar-refractivity contribution in [2.45, 2.75) is 13.8 Å². The van der Waals surface area contributed by atoms with E-state index in [1.165, 1.54) is 0 Å². The molecule has 2 aromatic rings. The van der Waals surface area contributed by atoms with Crippen molar-refractivity contribution in [3.8, 4) is 5.75 Å². The number of fused-ring (bicyclic) bond motifs is 1. The first-order valence-electron chi connectivity index (χ1n) is 4.86. The second-order valence-electron chi connectivity index (χ2n) is 3.73. The maximum atomic E-state index is 11.5. The Balaban J connectivity index is 0.00000144. The van der Waals surface area contributed by atoms with E-state index in [1.807, 2.05) is 13.8 Å². The molecule has 0 unspecified atom stereocenters. The molecule has 0 aliphatic rings. The van der Waals surface area contributed by atoms with Crippen LogP contribution in [-0.2, 0) is 0 Å². The second kappa shape index (κ2) is 5.86. The van der Waals surface area contributed by atoms with Crippen molar-refractivity contribution in [3.63, 3.8) is 0 Å². The molecule has 17 heavy (non-hydrogen) atoms. The summed E-state index contributed by atoms with van der Waals surface area (Å²) in [4.78, 5) is 11.5. The zero-order valence-corrected chi connectivity index (χ0v) is 15.9. The van der Waals surface area contributed by atoms with Gasteiger partial charge in [-0.3, -0.25) is 4.79 Å². The van der Waals surface area contributed by atoms with Crippen LogP contribution in [0.15, 0.2) is 16.5 Å². The molecule has 0 bridgehead atoms. The monoisotopic (exact) mass is 509 g/mol. The smallest absolute Gasteiger partial charge is 0.208 e. The maximum absolute atomic E-state index is 11.5. The van der Waals surface area contributed by atoms with E-state index in [0.29, 0.717) is 11.3 Å². The Morgan fingerprint density at radius 1 is 1.35 bits per heavy atom. The van der Waals surface area contributed by atoms with Crippen molar-refractivity contribution in [1.29, 1.82) is 0 Å². The Morgan fingerprint density at radius 2 is 2.00 bits per heavy atom. The number of phenols is 1. The summed E-state index contributed by atoms with van der Waals surface area (Å²) in [5.41, 5.74) is 2.31. The fourth-order valence-corrected chi connectivity index (χ4v) is 1.90. The second-order valence-corrected chi connectivity index (χ2v) is 4.29. The quantitative estimate of drug-likeness (QED) is 0.499. The molecule has 0 spiro atoms. The number of carbonyl (C=O) groups is 1. The number of furan rings is 1. The summed E-state index contributed by atoms with van der Waals surface area (Å²) in [6, 6.07) is 3.28. The van der Waals surface area contributed by atoms with E-state index in [9.17, 15) is 9.90 Å². The van der Waals surface area contributed by atoms with E-state index < -0.39 is 0 Å². The zero-order chi connectivity index (χ0) is 11.9. The summed E-state index contributed by atoms with van der Waals surface area (Å²) >= 11 is 3.10. The molecule has 5 heteroatoms. The Labute approximate surface area is 143 Å². The number of rotatable bonds is 2. The number of aromatic hydroxyl groups is 1. The average Bonchev–Trinajstić information content (AvgIpc) is 2.69. The molecule has 1 aromatic carbocycles. The van der Waals surface area contributed by atoms with Gasteiger partial charge in [0.15, 0.2) is 5.76 Å². The van der Waals surface area contributed by atoms with Gasteiger partial charge in [0.05, 0.1) is 5.33 Å². The molecule has 0 saturated carbocycles. The number of hydrogen-bond acceptors (Lipinski definition) is 3. The van der Waals surface area contributed by atoms with Gasteiger partial charge in [0.1, 0.15) is 11.3 Å². The number of carbonyl (C=O) groups excluding carboxylic acids is 1. The van der Waals surface area contributed by atoms with Crippen LogP contribution in [-0.4, -0.2) is 16.2 Å². The standard InChI is InChI=1S/C12H11BrO3.Ac/c1-6-7(2)12-8(3-9(6)14)4-11(16-12)10(15)5-13;/h3-4,14H,5H2,1-2H3;. The van der Waals surface area contributed by atoms with Crippen molar-refractivity contribution in [1.82, 2.24) is 0 Å². The van der Waals surface area contributed by atoms with Gasteiger partial charge in [-0.05, 0) is 37.1 Å². The van der Waals surface area contributed by atoms with Crippen molar-refractivity contribution in [2.75, 3.05) is 5.33 Å². The molecular formula is C12H11AcBrO3. The van der Waals surface area contributed by atoms with Gasteiger partial charge in [-0.15, -0.1) is 0 Å². The number of Topliss-reactive ketones (excluding diaryl/α,β-unsaturated/α-hetero) is 1. The number of benzene rings is 1. The Bertz CT molecular complexity index is 575. The molecule has 3 nitrogen and oxygen atoms in total. The zero-order valence-electron chi connectivity index (χ0n) is 9.58. The van der Waals surface area contributed by atoms with Crippen LogP contribution in [0.3, 0.4) is 0 Å². The van der Waals surface area contributed by atoms with Crippen LogP contribution in [0.1, 0.15) is 21.7 Å². The maximum Gasteiger partial charge on any atom is 0.208 e. The summed E-state index contributed by atoms with van der Waals surface area (Å²) in [5.74, 6) is 0.441. The Morgan fingerprint density at radius 3 is 2.59 bits per heavy atom. The van der Waals surface area contributed by atoms with E-state index in [-0.39, 0.29) is 60.9 Å². The molecule has 87 valence electrons. The van der Waals surface area contributed by atoms with Crippen LogP contribution in [0.25, 0.3) is 11.0 Å². The van der Waals surface area contributed by atoms with E-state index >= 15 is 0 Å². The summed E-state index contributed by atoms with van der Waals surface area (Å²) < 4.78 is 5.50. The predicted molar refractivity (Wildman–Crippen MR) is 65.5 cm³/mol. The molecule has 0 aliphatic carbocycles. The normalized spacial score (nSPS) is 10.3. The van der Waals surface area contributed by atoms with Gasteiger partial charge < -0.3 is 9.52 Å². The van der Waals surface area contributed by atoms with Crippen LogP contribution < -0.4 is 0 Å². The molecule has 0 fully saturated rings. The molecule has 1 heterocycles. The van der Waals surface area contributed by atoms with E-state index in [1.54, 1.807) is 12.1 Å². The molecule has 0 aliphatic heterocycles. The molecular weight excluding hydrogens is 499 g/mol. The summed E-state index contributed by atoms with van der Waals surface area (Å²) in [6.45, 7) is 3.68. The van der Waals surface area contributed by atoms with Gasteiger partial charge in [-0.2, -0.15) is 0 Å². The summed E-state index contributed by atoms with van der Waals surface area (Å²) in [6.07, 6.45) is 0. The molecule has 1 radical (unpaired) electrons. The minimum atomic E-state index is -0.104. The molecule has 0 amide bonds. The first-order valence-corrected chi connectivity index (χ1v) is 5.98. The topological polar surface area (TPSA) is 50.4 Å². The number of ketones is 1. The Hall–Kier alpha value is 0.152. The molecule has 2 rings (SSSR count). The number of alkyl halides is 1. The van der Waals surface area contributed by atoms with E-state index in [2.05, 4.69) is 15.9 Å². The summed E-state index contributed by atoms with van der Waals surface area (Å²) in [7, 11) is 0. The van der Waals surface area contributed by atoms with Crippen molar-refractivity contribution < 1.29 is 58.4 Å². The number of halogens is 1. The van der Waals surface area contributed by atoms with Gasteiger partial charge in [0, 0.05) is 49.4 Å². The fraction of sp³-hybridized carbons (Fsp3) is 0.250. The molecule has 1 aromatic heterocycles. The number of phenolic OH excluding ortho intramolecular Hbond substituents is 1. The van der Waals surface area contributed by atoms with Gasteiger partial charge in [0.25, 0.3) is 0 Å². The van der Waals surface area contributed by atoms with Crippen molar-refractivity contribution in [3.05, 3.63) is 29.0 Å². The Kier molecular flexibility index (Phi) is 5.24. The van der Waals surface area contributed by atoms with Crippen LogP contribution in [0.4, 0.5) is 0 Å².